The van der Waals surface area contributed by atoms with Gasteiger partial charge in [0.2, 0.25) is 0 Å². The Morgan fingerprint density at radius 2 is 2.19 bits per heavy atom. The summed E-state index contributed by atoms with van der Waals surface area (Å²) >= 11 is 6.42. The molecule has 1 unspecified atom stereocenters. The van der Waals surface area contributed by atoms with Crippen molar-refractivity contribution in [2.45, 2.75) is 13.0 Å². The van der Waals surface area contributed by atoms with E-state index in [2.05, 4.69) is 46.9 Å². The number of morpholine rings is 1. The van der Waals surface area contributed by atoms with Crippen molar-refractivity contribution in [3.8, 4) is 0 Å². The van der Waals surface area contributed by atoms with E-state index < -0.39 is 43.3 Å². The molecule has 0 radical (unpaired) electrons. The van der Waals surface area contributed by atoms with E-state index in [1.165, 1.54) is 19.1 Å². The van der Waals surface area contributed by atoms with E-state index in [1.807, 2.05) is 0 Å². The monoisotopic (exact) mass is 487 g/mol. The SMILES string of the molecule is [2H]c1c(C)nc2ncnn2c1C1([2H])OC([2H])([2H])C([2H])([2H])N(C(=O)c2cc(Br)cc(Br)c2)C1([2H])[2H]. The quantitative estimate of drug-likeness (QED) is 0.554. The van der Waals surface area contributed by atoms with E-state index in [-0.39, 0.29) is 21.9 Å². The normalized spacial score (nSPS) is 30.8. The molecule has 2 aromatic heterocycles. The molecule has 134 valence electrons. The van der Waals surface area contributed by atoms with Crippen molar-refractivity contribution in [3.05, 3.63) is 56.5 Å². The van der Waals surface area contributed by atoms with Crippen LogP contribution in [0.25, 0.3) is 5.78 Å². The number of aryl methyl sites for hydroxylation is 1. The molecule has 0 aliphatic carbocycles. The molecule has 0 bridgehead atoms. The lowest BCUT2D eigenvalue weighted by Crippen LogP contribution is -2.42. The number of hydrogen-bond donors (Lipinski definition) is 0. The van der Waals surface area contributed by atoms with Crippen LogP contribution in [-0.4, -0.2) is 49.9 Å². The van der Waals surface area contributed by atoms with Crippen molar-refractivity contribution in [1.82, 2.24) is 24.5 Å². The van der Waals surface area contributed by atoms with E-state index in [0.29, 0.717) is 8.95 Å². The van der Waals surface area contributed by atoms with Crippen molar-refractivity contribution in [3.63, 3.8) is 0 Å². The highest BCUT2D eigenvalue weighted by Crippen LogP contribution is 2.26. The summed E-state index contributed by atoms with van der Waals surface area (Å²) in [4.78, 5) is 21.4. The summed E-state index contributed by atoms with van der Waals surface area (Å²) in [6.45, 7) is -8.69. The Hall–Kier alpha value is -1.84. The number of fused-ring (bicyclic) bond motifs is 1. The van der Waals surface area contributed by atoms with Crippen LogP contribution >= 0.6 is 31.9 Å². The summed E-state index contributed by atoms with van der Waals surface area (Å²) in [5.41, 5.74) is -0.772. The van der Waals surface area contributed by atoms with Crippen LogP contribution in [0.3, 0.4) is 0 Å². The fraction of sp³-hybridized carbons (Fsp3) is 0.294. The molecule has 3 heterocycles. The average molecular weight is 489 g/mol. The highest BCUT2D eigenvalue weighted by atomic mass is 79.9. The zero-order valence-electron chi connectivity index (χ0n) is 21.1. The highest BCUT2D eigenvalue weighted by Gasteiger charge is 2.28. The van der Waals surface area contributed by atoms with Gasteiger partial charge in [-0.25, -0.2) is 4.98 Å². The molecule has 1 atom stereocenters. The maximum Gasteiger partial charge on any atom is 0.254 e. The number of benzene rings is 1. The fourth-order valence-electron chi connectivity index (χ4n) is 2.31. The smallest absolute Gasteiger partial charge is 0.254 e. The van der Waals surface area contributed by atoms with E-state index in [4.69, 9.17) is 15.7 Å². The number of carbonyl (C=O) groups excluding carboxylic acids is 1. The number of amides is 1. The van der Waals surface area contributed by atoms with Crippen molar-refractivity contribution in [2.75, 3.05) is 19.6 Å². The van der Waals surface area contributed by atoms with Crippen LogP contribution in [0.4, 0.5) is 0 Å². The van der Waals surface area contributed by atoms with Crippen LogP contribution < -0.4 is 0 Å². The van der Waals surface area contributed by atoms with Crippen molar-refractivity contribution >= 4 is 43.5 Å². The summed E-state index contributed by atoms with van der Waals surface area (Å²) in [6, 6.07) is 3.70. The first-order valence-corrected chi connectivity index (χ1v) is 8.81. The van der Waals surface area contributed by atoms with E-state index in [0.717, 1.165) is 10.8 Å². The number of halogens is 2. The Morgan fingerprint density at radius 1 is 1.42 bits per heavy atom. The Bertz CT molecular complexity index is 1320. The topological polar surface area (TPSA) is 72.6 Å². The molecule has 0 saturated carbocycles. The van der Waals surface area contributed by atoms with Gasteiger partial charge < -0.3 is 9.64 Å². The zero-order valence-corrected chi connectivity index (χ0v) is 16.3. The van der Waals surface area contributed by atoms with E-state index in [1.54, 1.807) is 6.07 Å². The minimum atomic E-state index is -3.38. The van der Waals surface area contributed by atoms with Gasteiger partial charge in [0.05, 0.1) is 29.7 Å². The second-order valence-electron chi connectivity index (χ2n) is 5.20. The van der Waals surface area contributed by atoms with Gasteiger partial charge in [0.25, 0.3) is 11.7 Å². The van der Waals surface area contributed by atoms with Crippen LogP contribution in [0.5, 0.6) is 0 Å². The van der Waals surface area contributed by atoms with Crippen LogP contribution in [0.1, 0.15) is 38.8 Å². The lowest BCUT2D eigenvalue weighted by atomic mass is 10.1. The Kier molecular flexibility index (Phi) is 2.84. The number of ether oxygens (including phenoxy) is 1. The first-order valence-electron chi connectivity index (χ1n) is 11.2. The molecule has 9 heteroatoms. The molecule has 1 aliphatic heterocycles. The highest BCUT2D eigenvalue weighted by molar-refractivity contribution is 9.11. The molecule has 1 aromatic carbocycles. The van der Waals surface area contributed by atoms with Crippen molar-refractivity contribution in [1.29, 1.82) is 0 Å². The Labute approximate surface area is 177 Å². The van der Waals surface area contributed by atoms with Gasteiger partial charge in [-0.05, 0) is 31.2 Å². The molecule has 0 spiro atoms. The maximum absolute atomic E-state index is 13.5. The number of nitrogens with zero attached hydrogens (tertiary/aromatic N) is 5. The molecule has 4 rings (SSSR count). The summed E-state index contributed by atoms with van der Waals surface area (Å²) in [5, 5.41) is 3.87. The fourth-order valence-corrected chi connectivity index (χ4v) is 3.60. The van der Waals surface area contributed by atoms with E-state index >= 15 is 0 Å². The molecule has 26 heavy (non-hydrogen) atoms. The van der Waals surface area contributed by atoms with Gasteiger partial charge in [-0.15, -0.1) is 0 Å². The molecule has 1 saturated heterocycles. The van der Waals surface area contributed by atoms with Gasteiger partial charge in [0.15, 0.2) is 0 Å². The molecule has 3 aromatic rings. The van der Waals surface area contributed by atoms with E-state index in [9.17, 15) is 4.79 Å². The number of carbonyl (C=O) groups is 1. The second-order valence-corrected chi connectivity index (χ2v) is 7.03. The number of aromatic nitrogens is 4. The lowest BCUT2D eigenvalue weighted by molar-refractivity contribution is -0.0257. The molecule has 1 amide bonds. The van der Waals surface area contributed by atoms with Gasteiger partial charge in [0, 0.05) is 26.7 Å². The molecular formula is C17H15Br2N5O2. The van der Waals surface area contributed by atoms with Crippen LogP contribution in [0.2, 0.25) is 0 Å². The predicted octanol–water partition coefficient (Wildman–Crippen LogP) is 3.17. The number of hydrogen-bond acceptors (Lipinski definition) is 5. The summed E-state index contributed by atoms with van der Waals surface area (Å²) in [7, 11) is 0. The van der Waals surface area contributed by atoms with Gasteiger partial charge in [-0.1, -0.05) is 31.9 Å². The third kappa shape index (κ3) is 3.38. The Balaban J connectivity index is 2.02. The van der Waals surface area contributed by atoms with Gasteiger partial charge in [0.1, 0.15) is 12.4 Å². The summed E-state index contributed by atoms with van der Waals surface area (Å²) in [5.74, 6) is -1.36. The van der Waals surface area contributed by atoms with Crippen LogP contribution in [-0.2, 0) is 4.74 Å². The van der Waals surface area contributed by atoms with Gasteiger partial charge in [-0.3, -0.25) is 4.79 Å². The number of rotatable bonds is 2. The standard InChI is InChI=1S/C17H15Br2N5O2/c1-10-4-14(24-17(22-10)20-9-21-24)15-8-23(2-3-26-15)16(25)11-5-12(18)7-13(19)6-11/h4-7,9,15H,2-3,8H2,1H3/i2D2,3D2,4D,8D2,15D. The average Bonchev–Trinajstić information content (AvgIpc) is 3.13. The predicted molar refractivity (Wildman–Crippen MR) is 102 cm³/mol. The van der Waals surface area contributed by atoms with Crippen LogP contribution in [0, 0.1) is 6.92 Å². The maximum atomic E-state index is 13.5. The molecule has 1 aliphatic rings. The first-order chi connectivity index (χ1) is 15.5. The third-order valence-corrected chi connectivity index (χ3v) is 4.28. The lowest BCUT2D eigenvalue weighted by Gasteiger charge is -2.33. The minimum Gasteiger partial charge on any atom is -0.368 e. The summed E-state index contributed by atoms with van der Waals surface area (Å²) in [6.07, 6.45) is -2.11. The van der Waals surface area contributed by atoms with Gasteiger partial charge in [-0.2, -0.15) is 14.6 Å². The van der Waals surface area contributed by atoms with Gasteiger partial charge >= 0.3 is 0 Å². The largest absolute Gasteiger partial charge is 0.368 e. The van der Waals surface area contributed by atoms with Crippen molar-refractivity contribution < 1.29 is 20.5 Å². The third-order valence-electron chi connectivity index (χ3n) is 3.36. The van der Waals surface area contributed by atoms with Crippen LogP contribution in [0.15, 0.2) is 39.5 Å². The zero-order chi connectivity index (χ0) is 25.4. The molecular weight excluding hydrogens is 466 g/mol. The first kappa shape index (κ1) is 10.5. The van der Waals surface area contributed by atoms with Crippen molar-refractivity contribution in [2.24, 2.45) is 0 Å². The Morgan fingerprint density at radius 3 is 2.96 bits per heavy atom. The minimum absolute atomic E-state index is 0.00266. The molecule has 0 N–H and O–H groups in total. The second kappa shape index (κ2) is 7.05. The summed E-state index contributed by atoms with van der Waals surface area (Å²) < 4.78 is 74.8. The molecule has 1 fully saturated rings. The molecule has 7 nitrogen and oxygen atoms in total.